The molecule has 1 aliphatic heterocycles. The molecule has 0 spiro atoms. The van der Waals surface area contributed by atoms with Crippen LogP contribution in [0.15, 0.2) is 24.3 Å². The summed E-state index contributed by atoms with van der Waals surface area (Å²) in [5.74, 6) is 0.535. The van der Waals surface area contributed by atoms with Crippen LogP contribution in [0.4, 0.5) is 5.69 Å². The Hall–Kier alpha value is -1.64. The second-order valence-electron chi connectivity index (χ2n) is 10.4. The zero-order chi connectivity index (χ0) is 23.5. The third kappa shape index (κ3) is 6.45. The Morgan fingerprint density at radius 2 is 1.72 bits per heavy atom. The Kier molecular flexibility index (Phi) is 7.89. The molecule has 1 aliphatic carbocycles. The summed E-state index contributed by atoms with van der Waals surface area (Å²) in [6.07, 6.45) is 3.76. The predicted octanol–water partition coefficient (Wildman–Crippen LogP) is 3.62. The largest absolute Gasteiger partial charge is 0.385 e. The molecule has 0 bridgehead atoms. The van der Waals surface area contributed by atoms with Crippen LogP contribution in [-0.2, 0) is 14.8 Å². The summed E-state index contributed by atoms with van der Waals surface area (Å²) in [5, 5.41) is 3.48. The average molecular weight is 466 g/mol. The minimum absolute atomic E-state index is 0.0229. The lowest BCUT2D eigenvalue weighted by Gasteiger charge is -2.35. The second kappa shape index (κ2) is 10.1. The van der Waals surface area contributed by atoms with Gasteiger partial charge in [-0.2, -0.15) is 0 Å². The first-order valence-electron chi connectivity index (χ1n) is 11.7. The first kappa shape index (κ1) is 25.0. The highest BCUT2D eigenvalue weighted by atomic mass is 32.2. The van der Waals surface area contributed by atoms with E-state index in [2.05, 4.69) is 10.0 Å². The molecule has 2 atom stereocenters. The quantitative estimate of drug-likeness (QED) is 0.670. The number of nitrogens with one attached hydrogen (secondary N) is 2. The van der Waals surface area contributed by atoms with E-state index in [1.54, 1.807) is 20.8 Å². The second-order valence-corrected chi connectivity index (χ2v) is 12.8. The number of anilines is 1. The smallest absolute Gasteiger partial charge is 0.254 e. The standard InChI is InChI=1S/C24H39N3O4S/c1-17-15-27(16-18(2)31-17)23(28)20-7-6-8-22(13-20)25-14-19-9-11-21(12-10-19)26-32(29,30)24(3,4)5/h6-8,13,17-19,21,25-26H,9-12,14-16H2,1-5H3. The molecule has 8 heteroatoms. The van der Waals surface area contributed by atoms with Gasteiger partial charge in [-0.05, 0) is 84.4 Å². The summed E-state index contributed by atoms with van der Waals surface area (Å²) in [7, 11) is -3.31. The van der Waals surface area contributed by atoms with Gasteiger partial charge in [0.1, 0.15) is 0 Å². The molecule has 1 saturated carbocycles. The third-order valence-electron chi connectivity index (χ3n) is 6.39. The summed E-state index contributed by atoms with van der Waals surface area (Å²) in [5.41, 5.74) is 1.64. The van der Waals surface area contributed by atoms with Crippen LogP contribution in [-0.4, -0.2) is 61.9 Å². The van der Waals surface area contributed by atoms with Crippen molar-refractivity contribution in [2.24, 2.45) is 5.92 Å². The zero-order valence-corrected chi connectivity index (χ0v) is 20.9. The Bertz CT molecular complexity index is 879. The van der Waals surface area contributed by atoms with E-state index in [4.69, 9.17) is 4.74 Å². The molecule has 0 aromatic heterocycles. The number of rotatable bonds is 6. The van der Waals surface area contributed by atoms with Gasteiger partial charge in [0.2, 0.25) is 10.0 Å². The molecular formula is C24H39N3O4S. The monoisotopic (exact) mass is 465 g/mol. The molecule has 2 fully saturated rings. The minimum Gasteiger partial charge on any atom is -0.385 e. The highest BCUT2D eigenvalue weighted by Gasteiger charge is 2.33. The van der Waals surface area contributed by atoms with E-state index < -0.39 is 14.8 Å². The fraction of sp³-hybridized carbons (Fsp3) is 0.708. The van der Waals surface area contributed by atoms with Gasteiger partial charge in [0, 0.05) is 36.9 Å². The van der Waals surface area contributed by atoms with Gasteiger partial charge in [0.25, 0.3) is 5.91 Å². The number of nitrogens with zero attached hydrogens (tertiary/aromatic N) is 1. The van der Waals surface area contributed by atoms with E-state index in [1.807, 2.05) is 43.0 Å². The maximum atomic E-state index is 13.0. The van der Waals surface area contributed by atoms with E-state index in [0.717, 1.165) is 37.9 Å². The Labute approximate surface area is 193 Å². The number of ether oxygens (including phenoxy) is 1. The van der Waals surface area contributed by atoms with E-state index in [9.17, 15) is 13.2 Å². The summed E-state index contributed by atoms with van der Waals surface area (Å²) in [6, 6.07) is 7.72. The Balaban J connectivity index is 1.49. The summed E-state index contributed by atoms with van der Waals surface area (Å²) in [6.45, 7) is 11.2. The van der Waals surface area contributed by atoms with Crippen molar-refractivity contribution in [1.82, 2.24) is 9.62 Å². The highest BCUT2D eigenvalue weighted by Crippen LogP contribution is 2.27. The van der Waals surface area contributed by atoms with Crippen LogP contribution >= 0.6 is 0 Å². The third-order valence-corrected chi connectivity index (χ3v) is 8.64. The topological polar surface area (TPSA) is 87.7 Å². The molecule has 0 radical (unpaired) electrons. The van der Waals surface area contributed by atoms with Crippen LogP contribution in [0.1, 0.15) is 70.7 Å². The van der Waals surface area contributed by atoms with Gasteiger partial charge < -0.3 is 15.0 Å². The average Bonchev–Trinajstić information content (AvgIpc) is 2.71. The van der Waals surface area contributed by atoms with Gasteiger partial charge in [0.05, 0.1) is 17.0 Å². The van der Waals surface area contributed by atoms with Gasteiger partial charge in [-0.25, -0.2) is 13.1 Å². The van der Waals surface area contributed by atoms with E-state index in [-0.39, 0.29) is 24.2 Å². The maximum Gasteiger partial charge on any atom is 0.254 e. The summed E-state index contributed by atoms with van der Waals surface area (Å²) < 4.78 is 32.6. The van der Waals surface area contributed by atoms with E-state index in [0.29, 0.717) is 24.6 Å². The molecule has 7 nitrogen and oxygen atoms in total. The highest BCUT2D eigenvalue weighted by molar-refractivity contribution is 7.90. The lowest BCUT2D eigenvalue weighted by molar-refractivity contribution is -0.0586. The molecular weight excluding hydrogens is 426 g/mol. The Morgan fingerprint density at radius 1 is 1.09 bits per heavy atom. The van der Waals surface area contributed by atoms with Gasteiger partial charge >= 0.3 is 0 Å². The van der Waals surface area contributed by atoms with Crippen LogP contribution < -0.4 is 10.0 Å². The fourth-order valence-electron chi connectivity index (χ4n) is 4.43. The molecule has 2 unspecified atom stereocenters. The molecule has 180 valence electrons. The first-order valence-corrected chi connectivity index (χ1v) is 13.2. The SMILES string of the molecule is CC1CN(C(=O)c2cccc(NCC3CCC(NS(=O)(=O)C(C)(C)C)CC3)c2)CC(C)O1. The molecule has 2 N–H and O–H groups in total. The van der Waals surface area contributed by atoms with Gasteiger partial charge in [-0.3, -0.25) is 4.79 Å². The predicted molar refractivity (Wildman–Crippen MR) is 128 cm³/mol. The van der Waals surface area contributed by atoms with Gasteiger partial charge in [-0.1, -0.05) is 6.07 Å². The van der Waals surface area contributed by atoms with Crippen molar-refractivity contribution in [3.05, 3.63) is 29.8 Å². The summed E-state index contributed by atoms with van der Waals surface area (Å²) in [4.78, 5) is 14.8. The fourth-order valence-corrected chi connectivity index (χ4v) is 5.46. The van der Waals surface area contributed by atoms with Crippen molar-refractivity contribution in [2.75, 3.05) is 25.0 Å². The minimum atomic E-state index is -3.31. The number of amides is 1. The number of hydrogen-bond donors (Lipinski definition) is 2. The molecule has 1 aromatic carbocycles. The van der Waals surface area contributed by atoms with Crippen LogP contribution in [0.25, 0.3) is 0 Å². The van der Waals surface area contributed by atoms with Crippen molar-refractivity contribution in [1.29, 1.82) is 0 Å². The van der Waals surface area contributed by atoms with Gasteiger partial charge in [0.15, 0.2) is 0 Å². The van der Waals surface area contributed by atoms with Crippen LogP contribution in [0.3, 0.4) is 0 Å². The lowest BCUT2D eigenvalue weighted by atomic mass is 9.86. The molecule has 1 saturated heterocycles. The normalized spacial score (nSPS) is 27.2. The van der Waals surface area contributed by atoms with E-state index in [1.165, 1.54) is 0 Å². The maximum absolute atomic E-state index is 13.0. The Morgan fingerprint density at radius 3 is 2.31 bits per heavy atom. The number of carbonyl (C=O) groups excluding carboxylic acids is 1. The zero-order valence-electron chi connectivity index (χ0n) is 20.1. The molecule has 1 heterocycles. The van der Waals surface area contributed by atoms with Crippen molar-refractivity contribution in [3.63, 3.8) is 0 Å². The molecule has 3 rings (SSSR count). The number of hydrogen-bond acceptors (Lipinski definition) is 5. The molecule has 1 amide bonds. The molecule has 2 aliphatic rings. The van der Waals surface area contributed by atoms with Gasteiger partial charge in [-0.15, -0.1) is 0 Å². The summed E-state index contributed by atoms with van der Waals surface area (Å²) >= 11 is 0. The van der Waals surface area contributed by atoms with Crippen molar-refractivity contribution < 1.29 is 17.9 Å². The molecule has 32 heavy (non-hydrogen) atoms. The number of morpholine rings is 1. The molecule has 1 aromatic rings. The number of carbonyl (C=O) groups is 1. The number of benzene rings is 1. The van der Waals surface area contributed by atoms with Crippen molar-refractivity contribution in [2.45, 2.75) is 83.3 Å². The van der Waals surface area contributed by atoms with Crippen molar-refractivity contribution >= 4 is 21.6 Å². The first-order chi connectivity index (χ1) is 14.9. The van der Waals surface area contributed by atoms with Crippen LogP contribution in [0.2, 0.25) is 0 Å². The number of sulfonamides is 1. The van der Waals surface area contributed by atoms with Crippen LogP contribution in [0, 0.1) is 5.92 Å². The lowest BCUT2D eigenvalue weighted by Crippen LogP contribution is -2.48. The van der Waals surface area contributed by atoms with Crippen LogP contribution in [0.5, 0.6) is 0 Å². The van der Waals surface area contributed by atoms with Crippen molar-refractivity contribution in [3.8, 4) is 0 Å². The van der Waals surface area contributed by atoms with E-state index >= 15 is 0 Å².